The lowest BCUT2D eigenvalue weighted by Gasteiger charge is -2.34. The first-order valence-electron chi connectivity index (χ1n) is 9.37. The predicted octanol–water partition coefficient (Wildman–Crippen LogP) is 4.05. The zero-order valence-corrected chi connectivity index (χ0v) is 16.9. The summed E-state index contributed by atoms with van der Waals surface area (Å²) in [6.07, 6.45) is 3.69. The molecule has 1 aromatic carbocycles. The molecule has 2 aromatic heterocycles. The average Bonchev–Trinajstić information content (AvgIpc) is 3.42. The fourth-order valence-electron chi connectivity index (χ4n) is 3.22. The Morgan fingerprint density at radius 2 is 1.93 bits per heavy atom. The molecule has 0 atom stereocenters. The van der Waals surface area contributed by atoms with Gasteiger partial charge in [-0.15, -0.1) is 11.3 Å². The number of piperazine rings is 1. The molecule has 1 amide bonds. The number of aromatic nitrogens is 1. The average molecular weight is 404 g/mol. The van der Waals surface area contributed by atoms with Crippen LogP contribution in [0.4, 0.5) is 5.88 Å². The molecule has 0 aliphatic carbocycles. The van der Waals surface area contributed by atoms with Gasteiger partial charge in [0.25, 0.3) is 5.91 Å². The van der Waals surface area contributed by atoms with Gasteiger partial charge in [-0.3, -0.25) is 4.79 Å². The highest BCUT2D eigenvalue weighted by Gasteiger charge is 2.26. The fourth-order valence-corrected chi connectivity index (χ4v) is 3.84. The van der Waals surface area contributed by atoms with Crippen molar-refractivity contribution in [1.29, 1.82) is 5.26 Å². The first-order chi connectivity index (χ1) is 14.1. The molecule has 4 rings (SSSR count). The van der Waals surface area contributed by atoms with E-state index in [1.165, 1.54) is 0 Å². The van der Waals surface area contributed by atoms with Crippen molar-refractivity contribution in [1.82, 2.24) is 9.88 Å². The molecule has 0 spiro atoms. The van der Waals surface area contributed by atoms with Gasteiger partial charge in [-0.1, -0.05) is 23.8 Å². The number of oxazole rings is 1. The highest BCUT2D eigenvalue weighted by Crippen LogP contribution is 2.25. The van der Waals surface area contributed by atoms with E-state index in [-0.39, 0.29) is 11.6 Å². The van der Waals surface area contributed by atoms with Crippen LogP contribution in [0.2, 0.25) is 0 Å². The standard InChI is InChI=1S/C22H20N4O2S/c1-16-4-6-17(7-5-16)21(27)25-10-12-26(13-11-25)22-19(15-23)24-20(28-22)9-8-18-3-2-14-29-18/h2-9,14H,10-13H2,1H3. The maximum absolute atomic E-state index is 12.7. The Morgan fingerprint density at radius 3 is 2.59 bits per heavy atom. The monoisotopic (exact) mass is 404 g/mol. The third-order valence-electron chi connectivity index (χ3n) is 4.82. The van der Waals surface area contributed by atoms with Crippen LogP contribution in [0.3, 0.4) is 0 Å². The predicted molar refractivity (Wildman–Crippen MR) is 114 cm³/mol. The Hall–Kier alpha value is -3.37. The maximum atomic E-state index is 12.7. The second-order valence-electron chi connectivity index (χ2n) is 6.81. The molecular formula is C22H20N4O2S. The van der Waals surface area contributed by atoms with Gasteiger partial charge in [0.05, 0.1) is 0 Å². The van der Waals surface area contributed by atoms with E-state index in [0.29, 0.717) is 43.5 Å². The van der Waals surface area contributed by atoms with E-state index in [9.17, 15) is 10.1 Å². The van der Waals surface area contributed by atoms with Crippen LogP contribution in [-0.4, -0.2) is 42.0 Å². The summed E-state index contributed by atoms with van der Waals surface area (Å²) in [6, 6.07) is 13.7. The molecule has 3 aromatic rings. The zero-order chi connectivity index (χ0) is 20.2. The van der Waals surface area contributed by atoms with Gasteiger partial charge in [-0.25, -0.2) is 0 Å². The van der Waals surface area contributed by atoms with Crippen molar-refractivity contribution in [2.75, 3.05) is 31.1 Å². The highest BCUT2D eigenvalue weighted by molar-refractivity contribution is 7.10. The smallest absolute Gasteiger partial charge is 0.253 e. The number of hydrogen-bond donors (Lipinski definition) is 0. The van der Waals surface area contributed by atoms with Crippen LogP contribution in [0.5, 0.6) is 0 Å². The molecule has 1 aliphatic rings. The Kier molecular flexibility index (Phi) is 5.45. The summed E-state index contributed by atoms with van der Waals surface area (Å²) in [5.41, 5.74) is 2.10. The van der Waals surface area contributed by atoms with Gasteiger partial charge < -0.3 is 14.2 Å². The third-order valence-corrected chi connectivity index (χ3v) is 5.66. The molecule has 0 saturated carbocycles. The van der Waals surface area contributed by atoms with Gasteiger partial charge in [-0.2, -0.15) is 10.2 Å². The van der Waals surface area contributed by atoms with Gasteiger partial charge >= 0.3 is 0 Å². The fraction of sp³-hybridized carbons (Fsp3) is 0.227. The molecule has 0 radical (unpaired) electrons. The summed E-state index contributed by atoms with van der Waals surface area (Å²) < 4.78 is 5.84. The van der Waals surface area contributed by atoms with E-state index in [1.54, 1.807) is 17.4 Å². The summed E-state index contributed by atoms with van der Waals surface area (Å²) in [7, 11) is 0. The summed E-state index contributed by atoms with van der Waals surface area (Å²) in [6.45, 7) is 4.32. The molecule has 29 heavy (non-hydrogen) atoms. The van der Waals surface area contributed by atoms with Crippen molar-refractivity contribution in [2.45, 2.75) is 6.92 Å². The van der Waals surface area contributed by atoms with Crippen molar-refractivity contribution in [3.8, 4) is 6.07 Å². The number of nitriles is 1. The van der Waals surface area contributed by atoms with Crippen LogP contribution in [0.25, 0.3) is 12.2 Å². The van der Waals surface area contributed by atoms with Crippen LogP contribution in [-0.2, 0) is 0 Å². The molecule has 146 valence electrons. The SMILES string of the molecule is Cc1ccc(C(=O)N2CCN(c3oc(C=Cc4cccs4)nc3C#N)CC2)cc1. The van der Waals surface area contributed by atoms with Crippen LogP contribution < -0.4 is 4.90 Å². The van der Waals surface area contributed by atoms with Crippen LogP contribution in [0.1, 0.15) is 32.4 Å². The number of nitrogens with zero attached hydrogens (tertiary/aromatic N) is 4. The number of benzene rings is 1. The minimum atomic E-state index is 0.0299. The lowest BCUT2D eigenvalue weighted by molar-refractivity contribution is 0.0745. The second-order valence-corrected chi connectivity index (χ2v) is 7.79. The van der Waals surface area contributed by atoms with E-state index in [0.717, 1.165) is 10.4 Å². The van der Waals surface area contributed by atoms with Gasteiger partial charge in [0.1, 0.15) is 6.07 Å². The van der Waals surface area contributed by atoms with E-state index in [1.807, 2.05) is 64.6 Å². The Balaban J connectivity index is 1.43. The minimum Gasteiger partial charge on any atom is -0.420 e. The van der Waals surface area contributed by atoms with Gasteiger partial charge in [0, 0.05) is 42.7 Å². The van der Waals surface area contributed by atoms with Gasteiger partial charge in [-0.05, 0) is 36.6 Å². The quantitative estimate of drug-likeness (QED) is 0.656. The summed E-state index contributed by atoms with van der Waals surface area (Å²) in [5, 5.41) is 11.4. The normalized spacial score (nSPS) is 14.3. The van der Waals surface area contributed by atoms with E-state index in [4.69, 9.17) is 4.42 Å². The molecule has 6 nitrogen and oxygen atoms in total. The number of rotatable bonds is 4. The van der Waals surface area contributed by atoms with Gasteiger partial charge in [0.15, 0.2) is 0 Å². The lowest BCUT2D eigenvalue weighted by atomic mass is 10.1. The van der Waals surface area contributed by atoms with Crippen molar-refractivity contribution in [3.05, 3.63) is 69.4 Å². The number of aryl methyl sites for hydroxylation is 1. The second kappa shape index (κ2) is 8.33. The summed E-state index contributed by atoms with van der Waals surface area (Å²) in [4.78, 5) is 21.9. The minimum absolute atomic E-state index is 0.0299. The summed E-state index contributed by atoms with van der Waals surface area (Å²) >= 11 is 1.62. The Bertz CT molecular complexity index is 1050. The molecule has 0 unspecified atom stereocenters. The summed E-state index contributed by atoms with van der Waals surface area (Å²) in [5.74, 6) is 0.908. The van der Waals surface area contributed by atoms with Gasteiger partial charge in [0.2, 0.25) is 17.5 Å². The Morgan fingerprint density at radius 1 is 1.17 bits per heavy atom. The van der Waals surface area contributed by atoms with E-state index in [2.05, 4.69) is 11.1 Å². The number of hydrogen-bond acceptors (Lipinski definition) is 6. The molecule has 0 bridgehead atoms. The molecule has 0 N–H and O–H groups in total. The zero-order valence-electron chi connectivity index (χ0n) is 16.0. The number of carbonyl (C=O) groups is 1. The molecule has 1 fully saturated rings. The first-order valence-corrected chi connectivity index (χ1v) is 10.3. The number of thiophene rings is 1. The molecule has 7 heteroatoms. The molecule has 3 heterocycles. The topological polar surface area (TPSA) is 73.4 Å². The van der Waals surface area contributed by atoms with Crippen molar-refractivity contribution in [2.24, 2.45) is 0 Å². The highest BCUT2D eigenvalue weighted by atomic mass is 32.1. The lowest BCUT2D eigenvalue weighted by Crippen LogP contribution is -2.48. The van der Waals surface area contributed by atoms with E-state index < -0.39 is 0 Å². The number of carbonyl (C=O) groups excluding carboxylic acids is 1. The van der Waals surface area contributed by atoms with Crippen molar-refractivity contribution < 1.29 is 9.21 Å². The number of anilines is 1. The van der Waals surface area contributed by atoms with Crippen LogP contribution in [0, 0.1) is 18.3 Å². The molecule has 1 aliphatic heterocycles. The van der Waals surface area contributed by atoms with Crippen molar-refractivity contribution in [3.63, 3.8) is 0 Å². The Labute approximate surface area is 173 Å². The first kappa shape index (κ1) is 19.0. The van der Waals surface area contributed by atoms with Crippen molar-refractivity contribution >= 4 is 35.3 Å². The maximum Gasteiger partial charge on any atom is 0.253 e. The molecular weight excluding hydrogens is 384 g/mol. The van der Waals surface area contributed by atoms with Crippen LogP contribution in [0.15, 0.2) is 46.2 Å². The molecule has 1 saturated heterocycles. The third kappa shape index (κ3) is 4.23. The van der Waals surface area contributed by atoms with Crippen LogP contribution >= 0.6 is 11.3 Å². The number of amides is 1. The largest absolute Gasteiger partial charge is 0.420 e. The van der Waals surface area contributed by atoms with E-state index >= 15 is 0 Å².